The first kappa shape index (κ1) is 15.7. The Balaban J connectivity index is 0. The molecule has 0 aliphatic rings. The molecule has 0 fully saturated rings. The number of carbonyl (C=O) groups is 2. The topological polar surface area (TPSA) is 57.5 Å². The average Bonchev–Trinajstić information content (AvgIpc) is 2.04. The molecule has 0 aromatic rings. The fourth-order valence-corrected chi connectivity index (χ4v) is 0.828. The van der Waals surface area contributed by atoms with Gasteiger partial charge in [0.2, 0.25) is 0 Å². The van der Waals surface area contributed by atoms with Crippen LogP contribution in [0.15, 0.2) is 0 Å². The van der Waals surface area contributed by atoms with Crippen molar-refractivity contribution in [3.63, 3.8) is 0 Å². The van der Waals surface area contributed by atoms with Crippen LogP contribution in [0.1, 0.15) is 19.8 Å². The molecule has 4 nitrogen and oxygen atoms in total. The Labute approximate surface area is 104 Å². The number of ketones is 1. The first-order valence-corrected chi connectivity index (χ1v) is 3.78. The van der Waals surface area contributed by atoms with Gasteiger partial charge in [-0.25, -0.2) is 0 Å². The smallest absolute Gasteiger partial charge is 0.287 e. The minimum Gasteiger partial charge on any atom is -0.653 e. The van der Waals surface area contributed by atoms with E-state index in [2.05, 4.69) is 10.1 Å². The number of methoxy groups -OCH3 is 1. The second kappa shape index (κ2) is 8.79. The standard InChI is InChI=1S/C8H14NO3.Y/c1-6(10)4-5-7(9-2)8(11)12-3;/h7H,4-5H2,1-3H3;/q-1;. The van der Waals surface area contributed by atoms with E-state index in [4.69, 9.17) is 0 Å². The molecule has 13 heavy (non-hydrogen) atoms. The van der Waals surface area contributed by atoms with E-state index >= 15 is 0 Å². The van der Waals surface area contributed by atoms with E-state index in [1.807, 2.05) is 0 Å². The van der Waals surface area contributed by atoms with E-state index in [-0.39, 0.29) is 44.5 Å². The molecule has 0 saturated heterocycles. The van der Waals surface area contributed by atoms with Crippen molar-refractivity contribution in [1.82, 2.24) is 0 Å². The summed E-state index contributed by atoms with van der Waals surface area (Å²) >= 11 is 0. The molecule has 0 heterocycles. The number of likely N-dealkylation sites (N-methyl/N-ethyl adjacent to an activating group) is 1. The first-order valence-electron chi connectivity index (χ1n) is 3.78. The fraction of sp³-hybridized carbons (Fsp3) is 0.750. The Morgan fingerprint density at radius 3 is 2.31 bits per heavy atom. The summed E-state index contributed by atoms with van der Waals surface area (Å²) in [6, 6.07) is -0.487. The molecule has 0 aromatic carbocycles. The summed E-state index contributed by atoms with van der Waals surface area (Å²) in [4.78, 5) is 21.5. The Kier molecular flexibility index (Phi) is 10.6. The molecule has 0 amide bonds. The minimum atomic E-state index is -0.487. The Morgan fingerprint density at radius 1 is 1.46 bits per heavy atom. The summed E-state index contributed by atoms with van der Waals surface area (Å²) in [5.74, 6) is -0.314. The predicted molar refractivity (Wildman–Crippen MR) is 45.0 cm³/mol. The third-order valence-electron chi connectivity index (χ3n) is 1.55. The van der Waals surface area contributed by atoms with Crippen LogP contribution in [0.3, 0.4) is 0 Å². The molecule has 0 aliphatic carbocycles. The van der Waals surface area contributed by atoms with Crippen molar-refractivity contribution in [2.24, 2.45) is 0 Å². The molecule has 0 bridgehead atoms. The van der Waals surface area contributed by atoms with Crippen molar-refractivity contribution >= 4 is 11.8 Å². The van der Waals surface area contributed by atoms with E-state index in [1.54, 1.807) is 7.05 Å². The molecular weight excluding hydrogens is 247 g/mol. The van der Waals surface area contributed by atoms with Crippen molar-refractivity contribution in [2.45, 2.75) is 25.8 Å². The van der Waals surface area contributed by atoms with Crippen molar-refractivity contribution < 1.29 is 47.0 Å². The molecule has 1 atom stereocenters. The second-order valence-electron chi connectivity index (χ2n) is 2.54. The zero-order chi connectivity index (χ0) is 9.56. The van der Waals surface area contributed by atoms with Crippen molar-refractivity contribution in [2.75, 3.05) is 14.2 Å². The van der Waals surface area contributed by atoms with E-state index in [1.165, 1.54) is 14.0 Å². The number of Topliss-reactive ketones (excluding diaryl/α,β-unsaturated/α-hetero) is 1. The zero-order valence-electron chi connectivity index (χ0n) is 8.24. The largest absolute Gasteiger partial charge is 0.653 e. The maximum atomic E-state index is 10.9. The Hall–Kier alpha value is 0.204. The summed E-state index contributed by atoms with van der Waals surface area (Å²) in [6.45, 7) is 1.49. The van der Waals surface area contributed by atoms with E-state index in [9.17, 15) is 9.59 Å². The van der Waals surface area contributed by atoms with E-state index in [0.717, 1.165) is 0 Å². The predicted octanol–water partition coefficient (Wildman–Crippen LogP) is 0.898. The number of rotatable bonds is 5. The molecule has 1 radical (unpaired) electrons. The maximum Gasteiger partial charge on any atom is 0.287 e. The third kappa shape index (κ3) is 7.29. The van der Waals surface area contributed by atoms with Gasteiger partial charge in [-0.15, -0.1) is 0 Å². The molecule has 0 N–H and O–H groups in total. The number of hydrogen-bond acceptors (Lipinski definition) is 3. The molecule has 0 saturated carbocycles. The number of ether oxygens (including phenoxy) is 1. The van der Waals surface area contributed by atoms with Gasteiger partial charge in [0.25, 0.3) is 5.97 Å². The van der Waals surface area contributed by atoms with Crippen LogP contribution in [0.25, 0.3) is 5.32 Å². The number of carbonyl (C=O) groups excluding carboxylic acids is 2. The maximum absolute atomic E-state index is 10.9. The zero-order valence-corrected chi connectivity index (χ0v) is 11.1. The number of nitrogens with zero attached hydrogens (tertiary/aromatic N) is 1. The van der Waals surface area contributed by atoms with E-state index in [0.29, 0.717) is 12.8 Å². The number of hydrogen-bond donors (Lipinski definition) is 0. The van der Waals surface area contributed by atoms with Crippen LogP contribution in [0, 0.1) is 0 Å². The second-order valence-corrected chi connectivity index (χ2v) is 2.54. The van der Waals surface area contributed by atoms with Gasteiger partial charge >= 0.3 is 0 Å². The molecular formula is C8H14NO3Y-. The molecule has 0 spiro atoms. The van der Waals surface area contributed by atoms with E-state index < -0.39 is 6.04 Å². The quantitative estimate of drug-likeness (QED) is 0.691. The molecule has 1 unspecified atom stereocenters. The van der Waals surface area contributed by atoms with Gasteiger partial charge in [-0.2, -0.15) is 7.05 Å². The average molecular weight is 261 g/mol. The summed E-state index contributed by atoms with van der Waals surface area (Å²) in [5.41, 5.74) is 0. The van der Waals surface area contributed by atoms with Crippen molar-refractivity contribution in [3.05, 3.63) is 5.32 Å². The number of esters is 1. The summed E-state index contributed by atoms with van der Waals surface area (Å²) in [7, 11) is 2.86. The van der Waals surface area contributed by atoms with Crippen molar-refractivity contribution in [3.8, 4) is 0 Å². The van der Waals surface area contributed by atoms with Gasteiger partial charge in [0.05, 0.1) is 7.11 Å². The minimum absolute atomic E-state index is 0. The summed E-state index contributed by atoms with van der Waals surface area (Å²) in [5, 5.41) is 3.80. The van der Waals surface area contributed by atoms with Crippen LogP contribution in [0.4, 0.5) is 0 Å². The van der Waals surface area contributed by atoms with Gasteiger partial charge in [-0.3, -0.25) is 4.79 Å². The van der Waals surface area contributed by atoms with Gasteiger partial charge in [0.15, 0.2) is 0 Å². The van der Waals surface area contributed by atoms with Crippen molar-refractivity contribution in [1.29, 1.82) is 0 Å². The van der Waals surface area contributed by atoms with Gasteiger partial charge in [0.1, 0.15) is 5.78 Å². The van der Waals surface area contributed by atoms with Crippen LogP contribution in [0.2, 0.25) is 0 Å². The Bertz CT molecular complexity index is 173. The van der Waals surface area contributed by atoms with Gasteiger partial charge in [0, 0.05) is 39.1 Å². The monoisotopic (exact) mass is 261 g/mol. The van der Waals surface area contributed by atoms with Gasteiger partial charge < -0.3 is 14.8 Å². The van der Waals surface area contributed by atoms with Gasteiger partial charge in [-0.05, 0) is 13.0 Å². The molecule has 0 aromatic heterocycles. The molecule has 73 valence electrons. The van der Waals surface area contributed by atoms with Crippen LogP contribution < -0.4 is 0 Å². The normalized spacial score (nSPS) is 11.3. The third-order valence-corrected chi connectivity index (χ3v) is 1.55. The van der Waals surface area contributed by atoms with Crippen LogP contribution in [-0.4, -0.2) is 32.0 Å². The Morgan fingerprint density at radius 2 is 2.00 bits per heavy atom. The SMILES string of the molecule is C[N-]C(CCC(C)=O)C(=O)OC.[Y]. The molecule has 0 aliphatic heterocycles. The molecule has 0 rings (SSSR count). The van der Waals surface area contributed by atoms with Crippen LogP contribution in [0.5, 0.6) is 0 Å². The molecule has 5 heteroatoms. The van der Waals surface area contributed by atoms with Crippen LogP contribution >= 0.6 is 0 Å². The van der Waals surface area contributed by atoms with Crippen LogP contribution in [-0.2, 0) is 47.0 Å². The summed E-state index contributed by atoms with van der Waals surface area (Å²) < 4.78 is 4.49. The first-order chi connectivity index (χ1) is 5.61. The van der Waals surface area contributed by atoms with Gasteiger partial charge in [-0.1, -0.05) is 6.42 Å². The fourth-order valence-electron chi connectivity index (χ4n) is 0.828. The summed E-state index contributed by atoms with van der Waals surface area (Å²) in [6.07, 6.45) is 0.815.